The van der Waals surface area contributed by atoms with Crippen LogP contribution in [0.5, 0.6) is 0 Å². The van der Waals surface area contributed by atoms with Crippen LogP contribution in [-0.2, 0) is 11.2 Å². The van der Waals surface area contributed by atoms with Crippen LogP contribution < -0.4 is 0 Å². The van der Waals surface area contributed by atoms with E-state index in [1.807, 2.05) is 12.1 Å². The van der Waals surface area contributed by atoms with Gasteiger partial charge in [0.1, 0.15) is 6.29 Å². The lowest BCUT2D eigenvalue weighted by Gasteiger charge is -2.09. The van der Waals surface area contributed by atoms with E-state index in [4.69, 9.17) is 46.4 Å². The monoisotopic (exact) mass is 332 g/mol. The molecule has 0 bridgehead atoms. The van der Waals surface area contributed by atoms with Crippen LogP contribution in [0.2, 0.25) is 20.1 Å². The van der Waals surface area contributed by atoms with E-state index in [0.29, 0.717) is 26.5 Å². The lowest BCUT2D eigenvalue weighted by molar-refractivity contribution is -0.107. The molecular weight excluding hydrogens is 326 g/mol. The first-order chi connectivity index (χ1) is 9.02. The summed E-state index contributed by atoms with van der Waals surface area (Å²) in [5.74, 6) is 0. The number of carbonyl (C=O) groups is 1. The highest BCUT2D eigenvalue weighted by atomic mass is 35.5. The number of rotatable bonds is 3. The van der Waals surface area contributed by atoms with Gasteiger partial charge in [0.15, 0.2) is 0 Å². The lowest BCUT2D eigenvalue weighted by atomic mass is 10.0. The van der Waals surface area contributed by atoms with E-state index in [9.17, 15) is 4.79 Å². The van der Waals surface area contributed by atoms with Gasteiger partial charge in [0, 0.05) is 17.0 Å². The minimum Gasteiger partial charge on any atom is -0.303 e. The van der Waals surface area contributed by atoms with Crippen molar-refractivity contribution < 1.29 is 4.79 Å². The summed E-state index contributed by atoms with van der Waals surface area (Å²) in [6.07, 6.45) is 1.17. The maximum atomic E-state index is 10.5. The molecule has 0 aliphatic carbocycles. The first kappa shape index (κ1) is 14.7. The Labute approximate surface area is 131 Å². The summed E-state index contributed by atoms with van der Waals surface area (Å²) < 4.78 is 0. The highest BCUT2D eigenvalue weighted by Crippen LogP contribution is 2.37. The average molecular weight is 334 g/mol. The molecule has 19 heavy (non-hydrogen) atoms. The third-order valence-corrected chi connectivity index (χ3v) is 4.16. The van der Waals surface area contributed by atoms with Crippen molar-refractivity contribution in [3.8, 4) is 11.1 Å². The highest BCUT2D eigenvalue weighted by Gasteiger charge is 2.10. The van der Waals surface area contributed by atoms with Crippen molar-refractivity contribution >= 4 is 52.7 Å². The summed E-state index contributed by atoms with van der Waals surface area (Å²) >= 11 is 24.1. The van der Waals surface area contributed by atoms with Crippen molar-refractivity contribution in [2.75, 3.05) is 0 Å². The van der Waals surface area contributed by atoms with Crippen LogP contribution in [0.1, 0.15) is 5.56 Å². The SMILES string of the molecule is O=CCc1ccc(-c2cc(Cl)c(Cl)c(Cl)c2)c(Cl)c1. The predicted molar refractivity (Wildman–Crippen MR) is 81.7 cm³/mol. The third-order valence-electron chi connectivity index (χ3n) is 2.65. The highest BCUT2D eigenvalue weighted by molar-refractivity contribution is 6.48. The Morgan fingerprint density at radius 2 is 1.53 bits per heavy atom. The van der Waals surface area contributed by atoms with Gasteiger partial charge >= 0.3 is 0 Å². The largest absolute Gasteiger partial charge is 0.303 e. The van der Waals surface area contributed by atoms with Gasteiger partial charge in [-0.05, 0) is 29.3 Å². The summed E-state index contributed by atoms with van der Waals surface area (Å²) in [6.45, 7) is 0. The molecule has 0 aliphatic heterocycles. The number of hydrogen-bond donors (Lipinski definition) is 0. The molecule has 0 N–H and O–H groups in total. The maximum Gasteiger partial charge on any atom is 0.124 e. The molecular formula is C14H8Cl4O. The molecule has 0 unspecified atom stereocenters. The Bertz CT molecular complexity index is 614. The minimum absolute atomic E-state index is 0.320. The molecule has 0 radical (unpaired) electrons. The summed E-state index contributed by atoms with van der Waals surface area (Å²) in [5, 5.41) is 1.60. The molecule has 0 atom stereocenters. The Morgan fingerprint density at radius 3 is 2.05 bits per heavy atom. The van der Waals surface area contributed by atoms with Crippen molar-refractivity contribution in [1.29, 1.82) is 0 Å². The lowest BCUT2D eigenvalue weighted by Crippen LogP contribution is -1.88. The zero-order chi connectivity index (χ0) is 14.0. The van der Waals surface area contributed by atoms with Crippen LogP contribution in [0.4, 0.5) is 0 Å². The molecule has 0 aliphatic rings. The van der Waals surface area contributed by atoms with Crippen LogP contribution in [0.15, 0.2) is 30.3 Å². The van der Waals surface area contributed by atoms with Crippen LogP contribution in [0.3, 0.4) is 0 Å². The van der Waals surface area contributed by atoms with Gasteiger partial charge in [-0.15, -0.1) is 0 Å². The van der Waals surface area contributed by atoms with Crippen molar-refractivity contribution in [2.45, 2.75) is 6.42 Å². The molecule has 1 nitrogen and oxygen atoms in total. The van der Waals surface area contributed by atoms with Crippen molar-refractivity contribution in [3.05, 3.63) is 56.0 Å². The second-order valence-electron chi connectivity index (χ2n) is 3.94. The molecule has 2 aromatic carbocycles. The Balaban J connectivity index is 2.50. The first-order valence-corrected chi connectivity index (χ1v) is 6.91. The van der Waals surface area contributed by atoms with Crippen molar-refractivity contribution in [2.24, 2.45) is 0 Å². The summed E-state index contributed by atoms with van der Waals surface area (Å²) in [4.78, 5) is 10.5. The molecule has 98 valence electrons. The number of benzene rings is 2. The quantitative estimate of drug-likeness (QED) is 0.519. The van der Waals surface area contributed by atoms with Gasteiger partial charge in [0.2, 0.25) is 0 Å². The second kappa shape index (κ2) is 6.15. The van der Waals surface area contributed by atoms with E-state index in [-0.39, 0.29) is 0 Å². The normalized spacial score (nSPS) is 10.5. The topological polar surface area (TPSA) is 17.1 Å². The fraction of sp³-hybridized carbons (Fsp3) is 0.0714. The molecule has 0 spiro atoms. The summed E-state index contributed by atoms with van der Waals surface area (Å²) in [6, 6.07) is 8.83. The van der Waals surface area contributed by atoms with E-state index in [2.05, 4.69) is 0 Å². The van der Waals surface area contributed by atoms with Gasteiger partial charge in [-0.3, -0.25) is 0 Å². The van der Waals surface area contributed by atoms with Crippen molar-refractivity contribution in [1.82, 2.24) is 0 Å². The van der Waals surface area contributed by atoms with E-state index >= 15 is 0 Å². The first-order valence-electron chi connectivity index (χ1n) is 5.40. The van der Waals surface area contributed by atoms with Crippen LogP contribution in [-0.4, -0.2) is 6.29 Å². The zero-order valence-electron chi connectivity index (χ0n) is 9.59. The van der Waals surface area contributed by atoms with Gasteiger partial charge in [-0.2, -0.15) is 0 Å². The van der Waals surface area contributed by atoms with Gasteiger partial charge in [-0.25, -0.2) is 0 Å². The molecule has 2 rings (SSSR count). The van der Waals surface area contributed by atoms with Gasteiger partial charge in [0.05, 0.1) is 15.1 Å². The Hall–Kier alpha value is -0.730. The molecule has 0 saturated heterocycles. The van der Waals surface area contributed by atoms with Crippen LogP contribution in [0.25, 0.3) is 11.1 Å². The number of carbonyl (C=O) groups excluding carboxylic acids is 1. The van der Waals surface area contributed by atoms with Crippen LogP contribution >= 0.6 is 46.4 Å². The predicted octanol–water partition coefficient (Wildman–Crippen LogP) is 5.71. The molecule has 5 heteroatoms. The van der Waals surface area contributed by atoms with E-state index in [0.717, 1.165) is 23.0 Å². The van der Waals surface area contributed by atoms with E-state index in [1.54, 1.807) is 18.2 Å². The van der Waals surface area contributed by atoms with Crippen LogP contribution in [0, 0.1) is 0 Å². The second-order valence-corrected chi connectivity index (χ2v) is 5.54. The molecule has 0 aromatic heterocycles. The number of aldehydes is 1. The molecule has 0 heterocycles. The third kappa shape index (κ3) is 3.24. The standard InChI is InChI=1S/C14H8Cl4O/c15-11-5-8(3-4-19)1-2-10(11)9-6-12(16)14(18)13(17)7-9/h1-2,4-7H,3H2. The maximum absolute atomic E-state index is 10.5. The Kier molecular flexibility index (Phi) is 4.75. The molecule has 0 fully saturated rings. The van der Waals surface area contributed by atoms with Gasteiger partial charge in [-0.1, -0.05) is 58.5 Å². The molecule has 0 amide bonds. The molecule has 2 aromatic rings. The minimum atomic E-state index is 0.320. The fourth-order valence-electron chi connectivity index (χ4n) is 1.73. The molecule has 0 saturated carbocycles. The van der Waals surface area contributed by atoms with E-state index in [1.165, 1.54) is 0 Å². The fourth-order valence-corrected chi connectivity index (χ4v) is 2.64. The summed E-state index contributed by atoms with van der Waals surface area (Å²) in [7, 11) is 0. The Morgan fingerprint density at radius 1 is 0.895 bits per heavy atom. The summed E-state index contributed by atoms with van der Waals surface area (Å²) in [5.41, 5.74) is 2.42. The zero-order valence-corrected chi connectivity index (χ0v) is 12.6. The van der Waals surface area contributed by atoms with Crippen molar-refractivity contribution in [3.63, 3.8) is 0 Å². The van der Waals surface area contributed by atoms with Gasteiger partial charge < -0.3 is 4.79 Å². The number of halogens is 4. The van der Waals surface area contributed by atoms with Gasteiger partial charge in [0.25, 0.3) is 0 Å². The average Bonchev–Trinajstić information content (AvgIpc) is 2.36. The van der Waals surface area contributed by atoms with E-state index < -0.39 is 0 Å². The smallest absolute Gasteiger partial charge is 0.124 e. The number of hydrogen-bond acceptors (Lipinski definition) is 1.